The van der Waals surface area contributed by atoms with E-state index in [4.69, 9.17) is 16.3 Å². The van der Waals surface area contributed by atoms with Crippen molar-refractivity contribution < 1.29 is 28.6 Å². The monoisotopic (exact) mass is 494 g/mol. The molecule has 1 atom stereocenters. The van der Waals surface area contributed by atoms with Crippen LogP contribution in [0.4, 0.5) is 14.9 Å². The fourth-order valence-corrected chi connectivity index (χ4v) is 4.64. The highest BCUT2D eigenvalue weighted by Crippen LogP contribution is 2.40. The van der Waals surface area contributed by atoms with Gasteiger partial charge in [-0.1, -0.05) is 23.7 Å². The Kier molecular flexibility index (Phi) is 7.23. The summed E-state index contributed by atoms with van der Waals surface area (Å²) in [5, 5.41) is 12.6. The number of ether oxygens (including phenoxy) is 1. The molecule has 0 unspecified atom stereocenters. The molecule has 0 aliphatic carbocycles. The topological polar surface area (TPSA) is 95.9 Å². The van der Waals surface area contributed by atoms with Crippen molar-refractivity contribution in [2.24, 2.45) is 0 Å². The van der Waals surface area contributed by atoms with Gasteiger partial charge in [0.1, 0.15) is 17.5 Å². The Morgan fingerprint density at radius 2 is 1.94 bits per heavy atom. The van der Waals surface area contributed by atoms with Gasteiger partial charge in [0.25, 0.3) is 5.91 Å². The second-order valence-corrected chi connectivity index (χ2v) is 10.0. The van der Waals surface area contributed by atoms with Crippen LogP contribution in [-0.2, 0) is 16.1 Å². The normalized spacial score (nSPS) is 16.1. The van der Waals surface area contributed by atoms with Gasteiger partial charge >= 0.3 is 12.1 Å². The zero-order chi connectivity index (χ0) is 24.5. The maximum absolute atomic E-state index is 14.8. The number of benzene rings is 2. The first-order valence-electron chi connectivity index (χ1n) is 10.1. The lowest BCUT2D eigenvalue weighted by molar-refractivity contribution is -0.120. The lowest BCUT2D eigenvalue weighted by atomic mass is 10.1. The molecule has 1 aliphatic rings. The van der Waals surface area contributed by atoms with Crippen molar-refractivity contribution in [3.63, 3.8) is 0 Å². The van der Waals surface area contributed by atoms with E-state index in [1.807, 2.05) is 0 Å². The van der Waals surface area contributed by atoms with Gasteiger partial charge in [-0.3, -0.25) is 4.79 Å². The van der Waals surface area contributed by atoms with Gasteiger partial charge in [0, 0.05) is 21.2 Å². The van der Waals surface area contributed by atoms with Gasteiger partial charge in [-0.05, 0) is 51.5 Å². The summed E-state index contributed by atoms with van der Waals surface area (Å²) in [4.78, 5) is 39.3. The third-order valence-electron chi connectivity index (χ3n) is 4.84. The number of carboxylic acid groups (broad SMARTS) is 1. The summed E-state index contributed by atoms with van der Waals surface area (Å²) in [5.74, 6) is -2.64. The molecule has 176 valence electrons. The van der Waals surface area contributed by atoms with E-state index in [0.29, 0.717) is 9.92 Å². The van der Waals surface area contributed by atoms with E-state index in [1.54, 1.807) is 45.0 Å². The Morgan fingerprint density at radius 1 is 1.30 bits per heavy atom. The molecule has 0 saturated carbocycles. The van der Waals surface area contributed by atoms with Gasteiger partial charge < -0.3 is 20.1 Å². The third kappa shape index (κ3) is 5.78. The molecule has 2 amide bonds. The van der Waals surface area contributed by atoms with E-state index < -0.39 is 41.0 Å². The average Bonchev–Trinajstić information content (AvgIpc) is 2.83. The van der Waals surface area contributed by atoms with Crippen molar-refractivity contribution in [1.82, 2.24) is 5.32 Å². The van der Waals surface area contributed by atoms with E-state index in [-0.39, 0.29) is 23.5 Å². The summed E-state index contributed by atoms with van der Waals surface area (Å²) in [6, 6.07) is 7.00. The molecule has 0 aromatic heterocycles. The van der Waals surface area contributed by atoms with Crippen LogP contribution in [0.3, 0.4) is 0 Å². The highest BCUT2D eigenvalue weighted by Gasteiger charge is 2.35. The van der Waals surface area contributed by atoms with Crippen molar-refractivity contribution in [2.45, 2.75) is 50.8 Å². The molecule has 3 rings (SSSR count). The summed E-state index contributed by atoms with van der Waals surface area (Å²) < 4.78 is 20.0. The average molecular weight is 495 g/mol. The van der Waals surface area contributed by atoms with Crippen molar-refractivity contribution in [2.75, 3.05) is 10.7 Å². The predicted molar refractivity (Wildman–Crippen MR) is 125 cm³/mol. The number of alkyl carbamates (subject to hydrolysis) is 1. The summed E-state index contributed by atoms with van der Waals surface area (Å²) in [5.41, 5.74) is -0.168. The van der Waals surface area contributed by atoms with Crippen LogP contribution >= 0.6 is 23.4 Å². The van der Waals surface area contributed by atoms with E-state index in [0.717, 1.165) is 11.6 Å². The first-order chi connectivity index (χ1) is 15.4. The molecule has 0 fully saturated rings. The highest BCUT2D eigenvalue weighted by molar-refractivity contribution is 7.99. The number of halogens is 2. The number of carbonyl (C=O) groups excluding carboxylic acids is 2. The quantitative estimate of drug-likeness (QED) is 0.619. The number of nitrogens with one attached hydrogen (secondary N) is 1. The van der Waals surface area contributed by atoms with E-state index in [1.165, 1.54) is 23.6 Å². The Balaban J connectivity index is 2.05. The first-order valence-corrected chi connectivity index (χ1v) is 11.5. The number of nitrogens with zero attached hydrogens (tertiary/aromatic N) is 1. The largest absolute Gasteiger partial charge is 0.478 e. The van der Waals surface area contributed by atoms with Crippen LogP contribution in [0.5, 0.6) is 0 Å². The number of hydrogen-bond acceptors (Lipinski definition) is 5. The molecule has 7 nitrogen and oxygen atoms in total. The van der Waals surface area contributed by atoms with E-state index >= 15 is 0 Å². The molecule has 0 saturated heterocycles. The van der Waals surface area contributed by atoms with Gasteiger partial charge in [-0.15, -0.1) is 11.8 Å². The number of carbonyl (C=O) groups is 3. The van der Waals surface area contributed by atoms with Crippen molar-refractivity contribution in [3.05, 3.63) is 57.9 Å². The molecule has 10 heteroatoms. The molecule has 2 aromatic rings. The number of amides is 2. The first kappa shape index (κ1) is 24.9. The Hall–Kier alpha value is -2.78. The minimum absolute atomic E-state index is 0.0696. The molecule has 0 radical (unpaired) electrons. The third-order valence-corrected chi connectivity index (χ3v) is 6.40. The second kappa shape index (κ2) is 9.61. The van der Waals surface area contributed by atoms with Crippen molar-refractivity contribution in [1.29, 1.82) is 0 Å². The molecule has 0 bridgehead atoms. The molecule has 2 N–H and O–H groups in total. The summed E-state index contributed by atoms with van der Waals surface area (Å²) in [6.45, 7) is 6.66. The molecule has 1 aliphatic heterocycles. The molecule has 2 aromatic carbocycles. The molecular weight excluding hydrogens is 471 g/mol. The number of thioether (sulfide) groups is 1. The van der Waals surface area contributed by atoms with Gasteiger partial charge in [-0.25, -0.2) is 14.0 Å². The second-order valence-electron chi connectivity index (χ2n) is 8.58. The van der Waals surface area contributed by atoms with Crippen LogP contribution in [-0.4, -0.2) is 40.5 Å². The molecule has 0 spiro atoms. The van der Waals surface area contributed by atoms with Crippen LogP contribution in [0.15, 0.2) is 35.2 Å². The number of anilines is 1. The summed E-state index contributed by atoms with van der Waals surface area (Å²) in [6.07, 6.45) is -0.757. The zero-order valence-corrected chi connectivity index (χ0v) is 20.1. The smallest absolute Gasteiger partial charge is 0.408 e. The number of hydrogen-bond donors (Lipinski definition) is 2. The van der Waals surface area contributed by atoms with Crippen LogP contribution in [0.1, 0.15) is 42.3 Å². The Labute approximate surface area is 200 Å². The van der Waals surface area contributed by atoms with Gasteiger partial charge in [-0.2, -0.15) is 0 Å². The van der Waals surface area contributed by atoms with Crippen molar-refractivity contribution in [3.8, 4) is 0 Å². The lowest BCUT2D eigenvalue weighted by Crippen LogP contribution is -2.50. The summed E-state index contributed by atoms with van der Waals surface area (Å²) >= 11 is 7.14. The number of carboxylic acids is 1. The SMILES string of the molecule is Cc1c(F)c(C(=O)O)cc2c1SC[C@H](NC(=O)OC(C)(C)C)C(=O)N2Cc1ccc(Cl)cc1. The minimum atomic E-state index is -1.44. The maximum atomic E-state index is 14.8. The van der Waals surface area contributed by atoms with Crippen LogP contribution < -0.4 is 10.2 Å². The lowest BCUT2D eigenvalue weighted by Gasteiger charge is -2.27. The number of fused-ring (bicyclic) bond motifs is 1. The van der Waals surface area contributed by atoms with E-state index in [2.05, 4.69) is 5.32 Å². The van der Waals surface area contributed by atoms with Gasteiger partial charge in [0.15, 0.2) is 0 Å². The maximum Gasteiger partial charge on any atom is 0.408 e. The van der Waals surface area contributed by atoms with Crippen LogP contribution in [0.25, 0.3) is 0 Å². The van der Waals surface area contributed by atoms with E-state index in [9.17, 15) is 23.9 Å². The number of rotatable bonds is 4. The van der Waals surface area contributed by atoms with Crippen LogP contribution in [0.2, 0.25) is 5.02 Å². The fourth-order valence-electron chi connectivity index (χ4n) is 3.33. The molecule has 33 heavy (non-hydrogen) atoms. The Morgan fingerprint density at radius 3 is 2.52 bits per heavy atom. The molecule has 1 heterocycles. The molecular formula is C23H24ClFN2O5S. The van der Waals surface area contributed by atoms with Crippen LogP contribution in [0, 0.1) is 12.7 Å². The standard InChI is InChI=1S/C23H24ClFN2O5S/c1-12-18(25)15(21(29)30)9-17-19(12)33-11-16(26-22(31)32-23(2,3)4)20(28)27(17)10-13-5-7-14(24)8-6-13/h5-9,16H,10-11H2,1-4H3,(H,26,31)(H,29,30)/t16-/m0/s1. The predicted octanol–water partition coefficient (Wildman–Crippen LogP) is 5.02. The van der Waals surface area contributed by atoms with Gasteiger partial charge in [0.05, 0.1) is 17.8 Å². The Bertz CT molecular complexity index is 1100. The van der Waals surface area contributed by atoms with Crippen molar-refractivity contribution >= 4 is 47.0 Å². The minimum Gasteiger partial charge on any atom is -0.478 e. The van der Waals surface area contributed by atoms with Gasteiger partial charge in [0.2, 0.25) is 0 Å². The zero-order valence-electron chi connectivity index (χ0n) is 18.6. The highest BCUT2D eigenvalue weighted by atomic mass is 35.5. The number of aromatic carboxylic acids is 1. The summed E-state index contributed by atoms with van der Waals surface area (Å²) in [7, 11) is 0. The fraction of sp³-hybridized carbons (Fsp3) is 0.348.